The first-order valence-electron chi connectivity index (χ1n) is 8.43. The van der Waals surface area contributed by atoms with Crippen molar-refractivity contribution in [1.82, 2.24) is 5.32 Å². The van der Waals surface area contributed by atoms with Crippen LogP contribution in [0.1, 0.15) is 11.5 Å². The van der Waals surface area contributed by atoms with E-state index in [9.17, 15) is 22.4 Å². The minimum atomic E-state index is -3.57. The van der Waals surface area contributed by atoms with E-state index in [0.717, 1.165) is 6.26 Å². The standard InChI is InChI=1S/C19H19FN2O5S/c1-27-15-8-7-11(9-13(15)20)12-10-21-18(23)17(12)19(24)22-14-5-3-4-6-16(14)28(2,25)26/h3-9,12,17H,10H2,1-2H3,(H,21,23)(H,22,24)/t12-,17-/m1/s1. The van der Waals surface area contributed by atoms with Crippen LogP contribution in [0.4, 0.5) is 10.1 Å². The zero-order valence-corrected chi connectivity index (χ0v) is 16.0. The monoisotopic (exact) mass is 406 g/mol. The molecule has 2 N–H and O–H groups in total. The number of hydrogen-bond acceptors (Lipinski definition) is 5. The lowest BCUT2D eigenvalue weighted by Crippen LogP contribution is -2.32. The molecule has 1 fully saturated rings. The molecule has 148 valence electrons. The molecule has 0 radical (unpaired) electrons. The Morgan fingerprint density at radius 2 is 1.96 bits per heavy atom. The maximum atomic E-state index is 14.1. The third-order valence-electron chi connectivity index (χ3n) is 4.61. The van der Waals surface area contributed by atoms with Gasteiger partial charge in [-0.15, -0.1) is 0 Å². The third-order valence-corrected chi connectivity index (χ3v) is 5.77. The number of methoxy groups -OCH3 is 1. The van der Waals surface area contributed by atoms with Crippen LogP contribution < -0.4 is 15.4 Å². The Kier molecular flexibility index (Phi) is 5.37. The first kappa shape index (κ1) is 19.8. The van der Waals surface area contributed by atoms with Gasteiger partial charge < -0.3 is 15.4 Å². The largest absolute Gasteiger partial charge is 0.494 e. The summed E-state index contributed by atoms with van der Waals surface area (Å²) in [6.45, 7) is 0.163. The van der Waals surface area contributed by atoms with E-state index in [2.05, 4.69) is 10.6 Å². The molecule has 1 aliphatic heterocycles. The topological polar surface area (TPSA) is 102 Å². The second kappa shape index (κ2) is 7.59. The summed E-state index contributed by atoms with van der Waals surface area (Å²) in [5.41, 5.74) is 0.558. The Balaban J connectivity index is 1.90. The number of ether oxygens (including phenoxy) is 1. The molecule has 0 aromatic heterocycles. The second-order valence-corrected chi connectivity index (χ2v) is 8.47. The number of carbonyl (C=O) groups is 2. The molecule has 0 bridgehead atoms. The average molecular weight is 406 g/mol. The lowest BCUT2D eigenvalue weighted by atomic mass is 9.87. The van der Waals surface area contributed by atoms with Gasteiger partial charge in [-0.25, -0.2) is 12.8 Å². The Labute approximate surface area is 161 Å². The molecule has 28 heavy (non-hydrogen) atoms. The molecule has 2 amide bonds. The minimum absolute atomic E-state index is 0.0474. The van der Waals surface area contributed by atoms with E-state index in [1.165, 1.54) is 37.4 Å². The van der Waals surface area contributed by atoms with E-state index in [4.69, 9.17) is 4.74 Å². The second-order valence-electron chi connectivity index (χ2n) is 6.48. The fourth-order valence-corrected chi connectivity index (χ4v) is 4.09. The summed E-state index contributed by atoms with van der Waals surface area (Å²) in [6, 6.07) is 10.2. The van der Waals surface area contributed by atoms with E-state index < -0.39 is 39.3 Å². The summed E-state index contributed by atoms with van der Waals surface area (Å²) in [7, 11) is -2.23. The molecule has 1 saturated heterocycles. The van der Waals surface area contributed by atoms with Crippen LogP contribution >= 0.6 is 0 Å². The number of carbonyl (C=O) groups excluding carboxylic acids is 2. The van der Waals surface area contributed by atoms with Gasteiger partial charge in [0.05, 0.1) is 17.7 Å². The molecule has 1 aliphatic rings. The number of anilines is 1. The molecule has 0 saturated carbocycles. The normalized spacial score (nSPS) is 19.2. The number of para-hydroxylation sites is 1. The van der Waals surface area contributed by atoms with Gasteiger partial charge in [-0.2, -0.15) is 0 Å². The summed E-state index contributed by atoms with van der Waals surface area (Å²) in [4.78, 5) is 25.0. The van der Waals surface area contributed by atoms with Crippen LogP contribution in [0.3, 0.4) is 0 Å². The average Bonchev–Trinajstić information content (AvgIpc) is 3.03. The van der Waals surface area contributed by atoms with Crippen molar-refractivity contribution in [3.05, 3.63) is 53.8 Å². The van der Waals surface area contributed by atoms with E-state index in [1.807, 2.05) is 0 Å². The molecule has 9 heteroatoms. The van der Waals surface area contributed by atoms with E-state index in [1.54, 1.807) is 12.1 Å². The molecular formula is C19H19FN2O5S. The van der Waals surface area contributed by atoms with E-state index in [-0.39, 0.29) is 22.9 Å². The van der Waals surface area contributed by atoms with Gasteiger partial charge in [-0.05, 0) is 29.8 Å². The number of nitrogens with one attached hydrogen (secondary N) is 2. The predicted octanol–water partition coefficient (Wildman–Crippen LogP) is 1.71. The third kappa shape index (κ3) is 3.84. The molecule has 0 unspecified atom stereocenters. The van der Waals surface area contributed by atoms with Crippen molar-refractivity contribution in [1.29, 1.82) is 0 Å². The molecular weight excluding hydrogens is 387 g/mol. The van der Waals surface area contributed by atoms with Gasteiger partial charge in [-0.1, -0.05) is 18.2 Å². The van der Waals surface area contributed by atoms with Gasteiger partial charge in [0.1, 0.15) is 5.92 Å². The SMILES string of the molecule is COc1ccc([C@H]2CNC(=O)[C@@H]2C(=O)Nc2ccccc2S(C)(=O)=O)cc1F. The summed E-state index contributed by atoms with van der Waals surface area (Å²) in [5, 5.41) is 5.14. The van der Waals surface area contributed by atoms with Crippen LogP contribution in [0.2, 0.25) is 0 Å². The first-order valence-corrected chi connectivity index (χ1v) is 10.3. The number of halogens is 1. The number of benzene rings is 2. The van der Waals surface area contributed by atoms with E-state index >= 15 is 0 Å². The van der Waals surface area contributed by atoms with Gasteiger partial charge in [0, 0.05) is 18.7 Å². The highest BCUT2D eigenvalue weighted by Crippen LogP contribution is 2.33. The molecule has 0 spiro atoms. The summed E-state index contributed by atoms with van der Waals surface area (Å²) < 4.78 is 42.8. The molecule has 0 aliphatic carbocycles. The Morgan fingerprint density at radius 1 is 1.25 bits per heavy atom. The number of rotatable bonds is 5. The Bertz CT molecular complexity index is 1040. The fourth-order valence-electron chi connectivity index (χ4n) is 3.25. The van der Waals surface area contributed by atoms with Crippen molar-refractivity contribution >= 4 is 27.3 Å². The predicted molar refractivity (Wildman–Crippen MR) is 100 cm³/mol. The van der Waals surface area contributed by atoms with Crippen LogP contribution in [0.5, 0.6) is 5.75 Å². The molecule has 2 aromatic carbocycles. The number of sulfone groups is 1. The summed E-state index contributed by atoms with van der Waals surface area (Å²) >= 11 is 0. The van der Waals surface area contributed by atoms with Gasteiger partial charge in [0.25, 0.3) is 0 Å². The number of hydrogen-bond donors (Lipinski definition) is 2. The summed E-state index contributed by atoms with van der Waals surface area (Å²) in [5.74, 6) is -3.42. The molecule has 1 heterocycles. The van der Waals surface area contributed by atoms with Crippen molar-refractivity contribution in [3.8, 4) is 5.75 Å². The van der Waals surface area contributed by atoms with Crippen molar-refractivity contribution in [2.75, 3.05) is 25.2 Å². The van der Waals surface area contributed by atoms with Crippen molar-refractivity contribution in [2.45, 2.75) is 10.8 Å². The van der Waals surface area contributed by atoms with Crippen LogP contribution in [0, 0.1) is 11.7 Å². The number of amides is 2. The Hall–Kier alpha value is -2.94. The molecule has 7 nitrogen and oxygen atoms in total. The summed E-state index contributed by atoms with van der Waals surface area (Å²) in [6.07, 6.45) is 1.03. The van der Waals surface area contributed by atoms with Crippen LogP contribution in [0.25, 0.3) is 0 Å². The fraction of sp³-hybridized carbons (Fsp3) is 0.263. The smallest absolute Gasteiger partial charge is 0.237 e. The lowest BCUT2D eigenvalue weighted by molar-refractivity contribution is -0.130. The first-order chi connectivity index (χ1) is 13.2. The minimum Gasteiger partial charge on any atom is -0.494 e. The molecule has 2 atom stereocenters. The Morgan fingerprint density at radius 3 is 2.61 bits per heavy atom. The van der Waals surface area contributed by atoms with E-state index in [0.29, 0.717) is 5.56 Å². The molecule has 3 rings (SSSR count). The van der Waals surface area contributed by atoms with Gasteiger partial charge >= 0.3 is 0 Å². The zero-order valence-electron chi connectivity index (χ0n) is 15.2. The highest BCUT2D eigenvalue weighted by Gasteiger charge is 2.41. The highest BCUT2D eigenvalue weighted by atomic mass is 32.2. The maximum Gasteiger partial charge on any atom is 0.237 e. The maximum absolute atomic E-state index is 14.1. The van der Waals surface area contributed by atoms with Gasteiger partial charge in [0.2, 0.25) is 11.8 Å². The van der Waals surface area contributed by atoms with Gasteiger partial charge in [-0.3, -0.25) is 9.59 Å². The quantitative estimate of drug-likeness (QED) is 0.736. The molecule has 2 aromatic rings. The van der Waals surface area contributed by atoms with Gasteiger partial charge in [0.15, 0.2) is 21.4 Å². The van der Waals surface area contributed by atoms with Crippen LogP contribution in [-0.2, 0) is 19.4 Å². The lowest BCUT2D eigenvalue weighted by Gasteiger charge is -2.18. The van der Waals surface area contributed by atoms with Crippen LogP contribution in [-0.4, -0.2) is 40.1 Å². The van der Waals surface area contributed by atoms with Crippen molar-refractivity contribution < 1.29 is 27.1 Å². The van der Waals surface area contributed by atoms with Crippen LogP contribution in [0.15, 0.2) is 47.4 Å². The van der Waals surface area contributed by atoms with Crippen molar-refractivity contribution in [3.63, 3.8) is 0 Å². The van der Waals surface area contributed by atoms with Crippen molar-refractivity contribution in [2.24, 2.45) is 5.92 Å². The zero-order chi connectivity index (χ0) is 20.5. The highest BCUT2D eigenvalue weighted by molar-refractivity contribution is 7.90.